The normalized spacial score (nSPS) is 12.5. The van der Waals surface area contributed by atoms with Crippen LogP contribution in [0.15, 0.2) is 27.4 Å². The van der Waals surface area contributed by atoms with E-state index in [9.17, 15) is 4.79 Å². The maximum Gasteiger partial charge on any atom is 0.417 e. The van der Waals surface area contributed by atoms with Gasteiger partial charge in [-0.15, -0.1) is 0 Å². The summed E-state index contributed by atoms with van der Waals surface area (Å²) < 4.78 is 4.98. The second-order valence-electron chi connectivity index (χ2n) is 5.49. The average Bonchev–Trinajstić information content (AvgIpc) is 2.68. The quantitative estimate of drug-likeness (QED) is 0.862. The fraction of sp³-hybridized carbons (Fsp3) is 0.500. The van der Waals surface area contributed by atoms with E-state index >= 15 is 0 Å². The van der Waals surface area contributed by atoms with E-state index in [-0.39, 0.29) is 12.1 Å². The van der Waals surface area contributed by atoms with Crippen molar-refractivity contribution in [2.75, 3.05) is 13.7 Å². The molecule has 0 aliphatic heterocycles. The molecule has 0 radical (unpaired) electrons. The molecular formula is C14H20N2O3. The summed E-state index contributed by atoms with van der Waals surface area (Å²) in [6.07, 6.45) is 0.717. The molecule has 0 aliphatic carbocycles. The molecule has 0 unspecified atom stereocenters. The highest BCUT2D eigenvalue weighted by Gasteiger charge is 2.22. The van der Waals surface area contributed by atoms with Gasteiger partial charge in [-0.05, 0) is 45.0 Å². The number of aliphatic hydroxyl groups is 1. The Morgan fingerprint density at radius 2 is 2.16 bits per heavy atom. The Bertz CT molecular complexity index is 612. The Morgan fingerprint density at radius 1 is 1.42 bits per heavy atom. The van der Waals surface area contributed by atoms with Crippen molar-refractivity contribution in [3.8, 4) is 0 Å². The lowest BCUT2D eigenvalue weighted by molar-refractivity contribution is 0.110. The molecule has 0 aliphatic rings. The van der Waals surface area contributed by atoms with Gasteiger partial charge in [0.25, 0.3) is 0 Å². The van der Waals surface area contributed by atoms with Gasteiger partial charge >= 0.3 is 5.76 Å². The van der Waals surface area contributed by atoms with Crippen LogP contribution in [0.4, 0.5) is 0 Å². The van der Waals surface area contributed by atoms with Crippen LogP contribution in [0.3, 0.4) is 0 Å². The van der Waals surface area contributed by atoms with Crippen LogP contribution in [0.5, 0.6) is 0 Å². The summed E-state index contributed by atoms with van der Waals surface area (Å²) in [7, 11) is 2.03. The van der Waals surface area contributed by atoms with Crippen LogP contribution in [0.25, 0.3) is 11.1 Å². The average molecular weight is 264 g/mol. The van der Waals surface area contributed by atoms with Crippen molar-refractivity contribution in [3.63, 3.8) is 0 Å². The van der Waals surface area contributed by atoms with Crippen molar-refractivity contribution >= 4 is 11.1 Å². The van der Waals surface area contributed by atoms with E-state index in [1.807, 2.05) is 19.2 Å². The van der Waals surface area contributed by atoms with E-state index in [1.165, 1.54) is 0 Å². The molecule has 0 saturated carbocycles. The van der Waals surface area contributed by atoms with E-state index in [0.29, 0.717) is 12.0 Å². The van der Waals surface area contributed by atoms with Crippen LogP contribution < -0.4 is 5.76 Å². The number of nitrogens with one attached hydrogen (secondary N) is 1. The Kier molecular flexibility index (Phi) is 3.78. The number of aliphatic hydroxyl groups excluding tert-OH is 1. The SMILES string of the molecule is CN(Cc1ccc2oc(=O)[nH]c2c1)C(C)(C)CCO. The first-order valence-electron chi connectivity index (χ1n) is 6.36. The Labute approximate surface area is 111 Å². The number of aromatic amines is 1. The molecule has 19 heavy (non-hydrogen) atoms. The summed E-state index contributed by atoms with van der Waals surface area (Å²) >= 11 is 0. The molecule has 0 fully saturated rings. The third-order valence-electron chi connectivity index (χ3n) is 3.66. The molecule has 1 aromatic carbocycles. The van der Waals surface area contributed by atoms with E-state index < -0.39 is 5.76 Å². The molecule has 1 aromatic heterocycles. The molecule has 0 bridgehead atoms. The molecule has 0 atom stereocenters. The van der Waals surface area contributed by atoms with Crippen molar-refractivity contribution in [2.45, 2.75) is 32.4 Å². The fourth-order valence-electron chi connectivity index (χ4n) is 2.05. The van der Waals surface area contributed by atoms with Gasteiger partial charge in [0.05, 0.1) is 5.52 Å². The van der Waals surface area contributed by atoms with E-state index in [1.54, 1.807) is 6.07 Å². The minimum atomic E-state index is -0.430. The van der Waals surface area contributed by atoms with Crippen molar-refractivity contribution < 1.29 is 9.52 Å². The lowest BCUT2D eigenvalue weighted by atomic mass is 9.98. The van der Waals surface area contributed by atoms with E-state index in [4.69, 9.17) is 9.52 Å². The first-order valence-corrected chi connectivity index (χ1v) is 6.36. The van der Waals surface area contributed by atoms with Gasteiger partial charge < -0.3 is 9.52 Å². The highest BCUT2D eigenvalue weighted by atomic mass is 16.4. The van der Waals surface area contributed by atoms with Gasteiger partial charge in [-0.1, -0.05) is 6.07 Å². The summed E-state index contributed by atoms with van der Waals surface area (Å²) in [6.45, 7) is 5.12. The molecule has 5 nitrogen and oxygen atoms in total. The third kappa shape index (κ3) is 3.05. The number of aromatic nitrogens is 1. The molecule has 0 saturated heterocycles. The highest BCUT2D eigenvalue weighted by Crippen LogP contribution is 2.20. The van der Waals surface area contributed by atoms with Crippen LogP contribution in [-0.2, 0) is 6.54 Å². The molecule has 0 spiro atoms. The van der Waals surface area contributed by atoms with Crippen molar-refractivity contribution in [1.29, 1.82) is 0 Å². The van der Waals surface area contributed by atoms with Crippen molar-refractivity contribution in [2.24, 2.45) is 0 Å². The van der Waals surface area contributed by atoms with Gasteiger partial charge in [0, 0.05) is 18.7 Å². The van der Waals surface area contributed by atoms with Crippen molar-refractivity contribution in [1.82, 2.24) is 9.88 Å². The number of oxazole rings is 1. The molecule has 2 N–H and O–H groups in total. The number of rotatable bonds is 5. The smallest absolute Gasteiger partial charge is 0.408 e. The van der Waals surface area contributed by atoms with Crippen molar-refractivity contribution in [3.05, 3.63) is 34.3 Å². The molecule has 2 aromatic rings. The highest BCUT2D eigenvalue weighted by molar-refractivity contribution is 5.72. The first kappa shape index (κ1) is 13.8. The number of nitrogens with zero attached hydrogens (tertiary/aromatic N) is 1. The molecule has 0 amide bonds. The summed E-state index contributed by atoms with van der Waals surface area (Å²) in [4.78, 5) is 15.9. The number of hydrogen-bond donors (Lipinski definition) is 2. The monoisotopic (exact) mass is 264 g/mol. The third-order valence-corrected chi connectivity index (χ3v) is 3.66. The number of benzene rings is 1. The second kappa shape index (κ2) is 5.19. The van der Waals surface area contributed by atoms with Crippen LogP contribution in [0, 0.1) is 0 Å². The van der Waals surface area contributed by atoms with Crippen LogP contribution in [0.1, 0.15) is 25.8 Å². The minimum Gasteiger partial charge on any atom is -0.408 e. The molecule has 1 heterocycles. The van der Waals surface area contributed by atoms with Gasteiger partial charge in [-0.3, -0.25) is 9.88 Å². The summed E-state index contributed by atoms with van der Waals surface area (Å²) in [5.74, 6) is -0.430. The second-order valence-corrected chi connectivity index (χ2v) is 5.49. The van der Waals surface area contributed by atoms with E-state index in [2.05, 4.69) is 23.7 Å². The Hall–Kier alpha value is -1.59. The zero-order chi connectivity index (χ0) is 14.0. The summed E-state index contributed by atoms with van der Waals surface area (Å²) in [5, 5.41) is 9.08. The zero-order valence-electron chi connectivity index (χ0n) is 11.6. The number of hydrogen-bond acceptors (Lipinski definition) is 4. The zero-order valence-corrected chi connectivity index (χ0v) is 11.6. The lowest BCUT2D eigenvalue weighted by Gasteiger charge is -2.35. The predicted octanol–water partition coefficient (Wildman–Crippen LogP) is 1.71. The minimum absolute atomic E-state index is 0.0759. The summed E-state index contributed by atoms with van der Waals surface area (Å²) in [5.41, 5.74) is 2.31. The molecule has 5 heteroatoms. The summed E-state index contributed by atoms with van der Waals surface area (Å²) in [6, 6.07) is 5.67. The molecule has 2 rings (SSSR count). The van der Waals surface area contributed by atoms with Crippen LogP contribution in [-0.4, -0.2) is 34.2 Å². The maximum absolute atomic E-state index is 11.1. The largest absolute Gasteiger partial charge is 0.417 e. The van der Waals surface area contributed by atoms with Crippen LogP contribution >= 0.6 is 0 Å². The molecule has 104 valence electrons. The van der Waals surface area contributed by atoms with Gasteiger partial charge in [0.15, 0.2) is 5.58 Å². The number of H-pyrrole nitrogens is 1. The van der Waals surface area contributed by atoms with E-state index in [0.717, 1.165) is 17.6 Å². The number of fused-ring (bicyclic) bond motifs is 1. The maximum atomic E-state index is 11.1. The van der Waals surface area contributed by atoms with Gasteiger partial charge in [-0.2, -0.15) is 0 Å². The molecular weight excluding hydrogens is 244 g/mol. The Balaban J connectivity index is 2.18. The van der Waals surface area contributed by atoms with Gasteiger partial charge in [-0.25, -0.2) is 4.79 Å². The fourth-order valence-corrected chi connectivity index (χ4v) is 2.05. The van der Waals surface area contributed by atoms with Crippen LogP contribution in [0.2, 0.25) is 0 Å². The predicted molar refractivity (Wildman–Crippen MR) is 74.1 cm³/mol. The Morgan fingerprint density at radius 3 is 2.84 bits per heavy atom. The lowest BCUT2D eigenvalue weighted by Crippen LogP contribution is -2.41. The van der Waals surface area contributed by atoms with Gasteiger partial charge in [0.1, 0.15) is 0 Å². The van der Waals surface area contributed by atoms with Gasteiger partial charge in [0.2, 0.25) is 0 Å². The standard InChI is InChI=1S/C14H20N2O3/c1-14(2,6-7-17)16(3)9-10-4-5-12-11(8-10)15-13(18)19-12/h4-5,8,17H,6-7,9H2,1-3H3,(H,15,18). The topological polar surface area (TPSA) is 69.5 Å². The first-order chi connectivity index (χ1) is 8.92.